The number of fused-ring (bicyclic) bond motifs is 1. The Labute approximate surface area is 191 Å². The lowest BCUT2D eigenvalue weighted by Crippen LogP contribution is -3.40. The third-order valence-corrected chi connectivity index (χ3v) is 8.73. The van der Waals surface area contributed by atoms with Crippen molar-refractivity contribution < 1.29 is 37.0 Å². The Balaban J connectivity index is 1.64. The van der Waals surface area contributed by atoms with Crippen molar-refractivity contribution in [1.29, 1.82) is 0 Å². The van der Waals surface area contributed by atoms with Crippen LogP contribution in [0.3, 0.4) is 0 Å². The van der Waals surface area contributed by atoms with E-state index in [2.05, 4.69) is 39.7 Å². The van der Waals surface area contributed by atoms with E-state index in [4.69, 9.17) is 5.73 Å². The van der Waals surface area contributed by atoms with E-state index in [1.165, 1.54) is 18.4 Å². The Kier molecular flexibility index (Phi) is 6.11. The molecular formula is C22H32IN4O3+. The van der Waals surface area contributed by atoms with Gasteiger partial charge in [0.25, 0.3) is 28.5 Å². The minimum absolute atomic E-state index is 0.240. The maximum atomic E-state index is 13.4. The number of nitrogens with two attached hydrogens (primary N) is 1. The Hall–Kier alpha value is -1.26. The topological polar surface area (TPSA) is 95.7 Å². The highest BCUT2D eigenvalue weighted by atomic mass is 127. The van der Waals surface area contributed by atoms with Gasteiger partial charge in [0.15, 0.2) is 3.92 Å². The Morgan fingerprint density at radius 1 is 1.27 bits per heavy atom. The predicted octanol–water partition coefficient (Wildman–Crippen LogP) is -2.29. The molecular weight excluding hydrogens is 495 g/mol. The Bertz CT molecular complexity index is 834. The number of halogens is 1. The predicted molar refractivity (Wildman–Crippen MR) is 110 cm³/mol. The van der Waals surface area contributed by atoms with Crippen molar-refractivity contribution in [2.75, 3.05) is 19.6 Å². The van der Waals surface area contributed by atoms with Gasteiger partial charge in [-0.1, -0.05) is 13.0 Å². The normalized spacial score (nSPS) is 35.9. The van der Waals surface area contributed by atoms with E-state index in [0.717, 1.165) is 49.7 Å². The molecule has 0 bridgehead atoms. The summed E-state index contributed by atoms with van der Waals surface area (Å²) in [5.74, 6) is -0.191. The molecule has 30 heavy (non-hydrogen) atoms. The smallest absolute Gasteiger partial charge is 0.257 e. The summed E-state index contributed by atoms with van der Waals surface area (Å²) in [5, 5.41) is 2.38. The van der Waals surface area contributed by atoms with Crippen LogP contribution in [-0.2, 0) is 14.4 Å². The molecule has 0 saturated carbocycles. The molecule has 0 spiro atoms. The quantitative estimate of drug-likeness (QED) is 0.245. The van der Waals surface area contributed by atoms with Crippen molar-refractivity contribution in [1.82, 2.24) is 15.1 Å². The fraction of sp³-hybridized carbons (Fsp3) is 0.682. The number of carbonyl (C=O) groups is 3. The second-order valence-corrected chi connectivity index (χ2v) is 11.1. The van der Waals surface area contributed by atoms with E-state index >= 15 is 0 Å². The third kappa shape index (κ3) is 3.86. The monoisotopic (exact) mass is 527 g/mol. The number of likely N-dealkylation sites (tertiary alicyclic amines) is 2. The van der Waals surface area contributed by atoms with E-state index in [1.807, 2.05) is 6.08 Å². The average Bonchev–Trinajstić information content (AvgIpc) is 2.77. The van der Waals surface area contributed by atoms with Crippen LogP contribution >= 0.6 is 0 Å². The number of hydrogen-bond donors (Lipinski definition) is 2. The zero-order valence-corrected chi connectivity index (χ0v) is 20.1. The first-order valence-corrected chi connectivity index (χ1v) is 12.3. The largest absolute Gasteiger partial charge is 0.314 e. The number of hydrogen-bond acceptors (Lipinski definition) is 5. The number of rotatable bonds is 3. The molecule has 3 fully saturated rings. The summed E-state index contributed by atoms with van der Waals surface area (Å²) < 4.78 is 0.655. The molecule has 4 rings (SSSR count). The van der Waals surface area contributed by atoms with Crippen molar-refractivity contribution in [3.05, 3.63) is 22.9 Å². The Morgan fingerprint density at radius 3 is 2.77 bits per heavy atom. The first-order valence-electron chi connectivity index (χ1n) is 11.0. The maximum absolute atomic E-state index is 13.4. The summed E-state index contributed by atoms with van der Waals surface area (Å²) in [5.41, 5.74) is 8.38. The molecule has 164 valence electrons. The van der Waals surface area contributed by atoms with Gasteiger partial charge < -0.3 is 5.73 Å². The van der Waals surface area contributed by atoms with Gasteiger partial charge in [-0.15, -0.1) is 0 Å². The second kappa shape index (κ2) is 8.35. The van der Waals surface area contributed by atoms with Crippen molar-refractivity contribution in [2.24, 2.45) is 11.7 Å². The lowest BCUT2D eigenvalue weighted by Gasteiger charge is -2.32. The van der Waals surface area contributed by atoms with Crippen LogP contribution in [0.15, 0.2) is 22.9 Å². The van der Waals surface area contributed by atoms with Gasteiger partial charge >= 0.3 is 0 Å². The molecule has 3 amide bonds. The first-order chi connectivity index (χ1) is 14.2. The van der Waals surface area contributed by atoms with E-state index in [-0.39, 0.29) is 18.2 Å². The van der Waals surface area contributed by atoms with Crippen molar-refractivity contribution in [3.63, 3.8) is 0 Å². The summed E-state index contributed by atoms with van der Waals surface area (Å²) in [7, 11) is 0. The fourth-order valence-corrected chi connectivity index (χ4v) is 6.26. The van der Waals surface area contributed by atoms with Gasteiger partial charge in [-0.3, -0.25) is 29.5 Å². The van der Waals surface area contributed by atoms with Crippen LogP contribution in [0.25, 0.3) is 0 Å². The number of amides is 3. The highest BCUT2D eigenvalue weighted by molar-refractivity contribution is 6.05. The van der Waals surface area contributed by atoms with Crippen molar-refractivity contribution >= 4 is 17.7 Å². The van der Waals surface area contributed by atoms with Crippen LogP contribution in [0.1, 0.15) is 52.4 Å². The fourth-order valence-electron chi connectivity index (χ4n) is 5.27. The van der Waals surface area contributed by atoms with Crippen molar-refractivity contribution in [2.45, 2.75) is 67.9 Å². The van der Waals surface area contributed by atoms with Crippen LogP contribution in [-0.4, -0.2) is 62.7 Å². The SMILES string of the molecule is CC1CCCN(CC2=C3C(=CCC2)N(C2CCC(=O)NC2=O)C(=O)C3(C)N)CC1[IH+]. The van der Waals surface area contributed by atoms with Crippen LogP contribution in [0.2, 0.25) is 0 Å². The summed E-state index contributed by atoms with van der Waals surface area (Å²) in [6.45, 7) is 7.06. The minimum atomic E-state index is -1.14. The lowest BCUT2D eigenvalue weighted by atomic mass is 9.84. The molecule has 4 unspecified atom stereocenters. The van der Waals surface area contributed by atoms with Gasteiger partial charge in [-0.25, -0.2) is 0 Å². The third-order valence-electron chi connectivity index (χ3n) is 6.98. The number of imide groups is 1. The molecule has 4 aliphatic rings. The molecule has 3 saturated heterocycles. The summed E-state index contributed by atoms with van der Waals surface area (Å²) in [4.78, 5) is 41.5. The van der Waals surface area contributed by atoms with Crippen LogP contribution in [0.5, 0.6) is 0 Å². The Morgan fingerprint density at radius 2 is 2.03 bits per heavy atom. The molecule has 3 N–H and O–H groups in total. The molecule has 0 radical (unpaired) electrons. The van der Waals surface area contributed by atoms with Gasteiger partial charge in [0.1, 0.15) is 11.6 Å². The summed E-state index contributed by atoms with van der Waals surface area (Å²) >= 11 is 2.24. The van der Waals surface area contributed by atoms with Gasteiger partial charge in [0.05, 0.1) is 0 Å². The molecule has 7 nitrogen and oxygen atoms in total. The van der Waals surface area contributed by atoms with E-state index in [9.17, 15) is 14.4 Å². The van der Waals surface area contributed by atoms with E-state index in [1.54, 1.807) is 11.8 Å². The molecule has 3 heterocycles. The number of alkyl halides is 1. The molecule has 3 aliphatic heterocycles. The number of nitrogens with zero attached hydrogens (tertiary/aromatic N) is 2. The molecule has 1 aliphatic carbocycles. The van der Waals surface area contributed by atoms with Crippen LogP contribution in [0.4, 0.5) is 0 Å². The molecule has 4 atom stereocenters. The highest BCUT2D eigenvalue weighted by Gasteiger charge is 2.53. The number of carbonyl (C=O) groups excluding carboxylic acids is 3. The van der Waals surface area contributed by atoms with Gasteiger partial charge in [-0.2, -0.15) is 0 Å². The standard InChI is InChI=1S/C22H31IN4O3/c1-13-5-4-10-26(12-15(13)23)11-14-6-3-7-16-19(14)22(2,24)21(30)27(16)17-8-9-18(28)25-20(17)29/h7,13,15,17,23H,3-6,8-12,24H2,1-2H3/p+1. The molecule has 0 aromatic rings. The summed E-state index contributed by atoms with van der Waals surface area (Å²) in [6, 6.07) is -0.666. The van der Waals surface area contributed by atoms with Gasteiger partial charge in [-0.05, 0) is 51.1 Å². The molecule has 0 aromatic carbocycles. The average molecular weight is 527 g/mol. The van der Waals surface area contributed by atoms with Crippen LogP contribution in [0, 0.1) is 5.92 Å². The minimum Gasteiger partial charge on any atom is -0.314 e. The van der Waals surface area contributed by atoms with Crippen LogP contribution < -0.4 is 33.6 Å². The highest BCUT2D eigenvalue weighted by Crippen LogP contribution is 2.43. The first kappa shape index (κ1) is 22.0. The summed E-state index contributed by atoms with van der Waals surface area (Å²) in [6.07, 6.45) is 6.81. The zero-order chi connectivity index (χ0) is 21.6. The number of allylic oxidation sites excluding steroid dienone is 1. The molecule has 0 aromatic heterocycles. The number of nitrogens with one attached hydrogen (secondary N) is 1. The van der Waals surface area contributed by atoms with E-state index < -0.39 is 17.5 Å². The lowest BCUT2D eigenvalue weighted by molar-refractivity contribution is -0.432. The van der Waals surface area contributed by atoms with Crippen molar-refractivity contribution in [3.8, 4) is 0 Å². The maximum Gasteiger partial charge on any atom is 0.257 e. The van der Waals surface area contributed by atoms with Gasteiger partial charge in [0, 0.05) is 36.7 Å². The second-order valence-electron chi connectivity index (χ2n) is 9.34. The molecule has 8 heteroatoms. The number of piperidine rings is 1. The van der Waals surface area contributed by atoms with E-state index in [0.29, 0.717) is 10.3 Å². The zero-order valence-electron chi connectivity index (χ0n) is 17.8. The van der Waals surface area contributed by atoms with Gasteiger partial charge in [0.2, 0.25) is 11.8 Å².